The summed E-state index contributed by atoms with van der Waals surface area (Å²) < 4.78 is 59.6. The minimum absolute atomic E-state index is 0.0401. The number of nitrogens with two attached hydrogens (primary N) is 1. The van der Waals surface area contributed by atoms with Gasteiger partial charge in [-0.1, -0.05) is 0 Å². The Kier molecular flexibility index (Phi) is 7.45. The fraction of sp³-hybridized carbons (Fsp3) is 0.174. The molecule has 0 radical (unpaired) electrons. The molecule has 0 bridgehead atoms. The van der Waals surface area contributed by atoms with Crippen molar-refractivity contribution in [3.8, 4) is 16.9 Å². The molecule has 0 fully saturated rings. The van der Waals surface area contributed by atoms with Crippen molar-refractivity contribution < 1.29 is 31.9 Å². The number of alkyl halides is 3. The van der Waals surface area contributed by atoms with E-state index in [1.807, 2.05) is 0 Å². The average Bonchev–Trinajstić information content (AvgIpc) is 2.81. The Morgan fingerprint density at radius 2 is 1.85 bits per heavy atom. The summed E-state index contributed by atoms with van der Waals surface area (Å²) in [6.07, 6.45) is -0.500. The molecule has 0 aliphatic rings. The van der Waals surface area contributed by atoms with Crippen LogP contribution in [0, 0.1) is 5.82 Å². The maximum absolute atomic E-state index is 14.0. The zero-order chi connectivity index (χ0) is 25.0. The summed E-state index contributed by atoms with van der Waals surface area (Å²) in [6.45, 7) is -0.653. The maximum Gasteiger partial charge on any atom is 0.416 e. The SMILES string of the molecule is COc1ccc(F)cc1-c1ccncc1N(CC(N)=O)C(=O)c1cc(SC)cc(C(F)(F)F)c1. The number of pyridine rings is 1. The highest BCUT2D eigenvalue weighted by molar-refractivity contribution is 7.98. The van der Waals surface area contributed by atoms with E-state index >= 15 is 0 Å². The van der Waals surface area contributed by atoms with Crippen molar-refractivity contribution in [1.29, 1.82) is 0 Å². The molecule has 0 aliphatic heterocycles. The van der Waals surface area contributed by atoms with E-state index in [4.69, 9.17) is 10.5 Å². The third-order valence-corrected chi connectivity index (χ3v) is 5.53. The number of hydrogen-bond acceptors (Lipinski definition) is 5. The second-order valence-corrected chi connectivity index (χ2v) is 7.92. The van der Waals surface area contributed by atoms with Gasteiger partial charge in [0.25, 0.3) is 5.91 Å². The smallest absolute Gasteiger partial charge is 0.416 e. The first kappa shape index (κ1) is 25.0. The molecule has 1 heterocycles. The van der Waals surface area contributed by atoms with Crippen LogP contribution in [-0.2, 0) is 11.0 Å². The minimum Gasteiger partial charge on any atom is -0.496 e. The molecule has 0 saturated carbocycles. The molecule has 0 unspecified atom stereocenters. The van der Waals surface area contributed by atoms with Crippen molar-refractivity contribution in [3.63, 3.8) is 0 Å². The first-order valence-electron chi connectivity index (χ1n) is 9.69. The van der Waals surface area contributed by atoms with Crippen LogP contribution in [0.25, 0.3) is 11.1 Å². The fourth-order valence-electron chi connectivity index (χ4n) is 3.30. The zero-order valence-electron chi connectivity index (χ0n) is 18.0. The van der Waals surface area contributed by atoms with E-state index in [1.165, 1.54) is 49.8 Å². The standard InChI is InChI=1S/C23H19F4N3O3S/c1-33-20-4-3-15(24)10-18(20)17-5-6-29-11-19(17)30(12-21(28)31)22(32)13-7-14(23(25,26)27)9-16(8-13)34-2/h3-11H,12H2,1-2H3,(H2,28,31). The number of primary amides is 1. The summed E-state index contributed by atoms with van der Waals surface area (Å²) >= 11 is 1.03. The molecule has 0 aliphatic carbocycles. The summed E-state index contributed by atoms with van der Waals surface area (Å²) in [5.74, 6) is -2.14. The number of ether oxygens (including phenoxy) is 1. The fourth-order valence-corrected chi connectivity index (χ4v) is 3.79. The molecular formula is C23H19F4N3O3S. The van der Waals surface area contributed by atoms with E-state index in [2.05, 4.69) is 4.98 Å². The van der Waals surface area contributed by atoms with Crippen LogP contribution < -0.4 is 15.4 Å². The van der Waals surface area contributed by atoms with Gasteiger partial charge in [-0.3, -0.25) is 19.5 Å². The predicted octanol–water partition coefficient (Wildman–Crippen LogP) is 4.77. The third kappa shape index (κ3) is 5.48. The van der Waals surface area contributed by atoms with E-state index in [0.717, 1.165) is 22.7 Å². The zero-order valence-corrected chi connectivity index (χ0v) is 18.8. The Hall–Kier alpha value is -3.60. The number of halogens is 4. The minimum atomic E-state index is -4.69. The molecule has 3 rings (SSSR count). The predicted molar refractivity (Wildman–Crippen MR) is 120 cm³/mol. The lowest BCUT2D eigenvalue weighted by molar-refractivity contribution is -0.137. The van der Waals surface area contributed by atoms with Gasteiger partial charge in [0.05, 0.1) is 24.6 Å². The van der Waals surface area contributed by atoms with Gasteiger partial charge >= 0.3 is 6.18 Å². The number of amides is 2. The lowest BCUT2D eigenvalue weighted by atomic mass is 10.0. The molecule has 0 saturated heterocycles. The van der Waals surface area contributed by atoms with Crippen LogP contribution in [0.1, 0.15) is 15.9 Å². The van der Waals surface area contributed by atoms with Gasteiger partial charge in [-0.2, -0.15) is 13.2 Å². The third-order valence-electron chi connectivity index (χ3n) is 4.82. The Morgan fingerprint density at radius 1 is 1.12 bits per heavy atom. The summed E-state index contributed by atoms with van der Waals surface area (Å²) in [6, 6.07) is 8.11. The quantitative estimate of drug-likeness (QED) is 0.379. The molecule has 0 atom stereocenters. The van der Waals surface area contributed by atoms with Crippen LogP contribution >= 0.6 is 11.8 Å². The number of rotatable bonds is 7. The Morgan fingerprint density at radius 3 is 2.47 bits per heavy atom. The average molecular weight is 493 g/mol. The van der Waals surface area contributed by atoms with Gasteiger partial charge in [-0.05, 0) is 48.7 Å². The van der Waals surface area contributed by atoms with Crippen molar-refractivity contribution in [2.45, 2.75) is 11.1 Å². The Bertz CT molecular complexity index is 1230. The van der Waals surface area contributed by atoms with E-state index in [1.54, 1.807) is 6.26 Å². The number of thioether (sulfide) groups is 1. The second-order valence-electron chi connectivity index (χ2n) is 7.04. The highest BCUT2D eigenvalue weighted by Gasteiger charge is 2.33. The molecule has 178 valence electrons. The summed E-state index contributed by atoms with van der Waals surface area (Å²) in [4.78, 5) is 30.4. The monoisotopic (exact) mass is 493 g/mol. The van der Waals surface area contributed by atoms with Gasteiger partial charge < -0.3 is 10.5 Å². The molecule has 2 aromatic carbocycles. The van der Waals surface area contributed by atoms with Crippen LogP contribution in [-0.4, -0.2) is 36.7 Å². The number of carbonyl (C=O) groups excluding carboxylic acids is 2. The first-order valence-corrected chi connectivity index (χ1v) is 10.9. The van der Waals surface area contributed by atoms with E-state index < -0.39 is 35.9 Å². The van der Waals surface area contributed by atoms with Gasteiger partial charge in [-0.25, -0.2) is 4.39 Å². The summed E-state index contributed by atoms with van der Waals surface area (Å²) in [5, 5.41) is 0. The number of carbonyl (C=O) groups is 2. The Labute approximate surface area is 196 Å². The second kappa shape index (κ2) is 10.1. The number of anilines is 1. The molecule has 0 spiro atoms. The number of aromatic nitrogens is 1. The number of benzene rings is 2. The largest absolute Gasteiger partial charge is 0.496 e. The lowest BCUT2D eigenvalue weighted by Crippen LogP contribution is -2.39. The molecule has 2 amide bonds. The molecule has 2 N–H and O–H groups in total. The Balaban J connectivity index is 2.20. The molecule has 11 heteroatoms. The van der Waals surface area contributed by atoms with Crippen molar-refractivity contribution in [1.82, 2.24) is 4.98 Å². The van der Waals surface area contributed by atoms with E-state index in [-0.39, 0.29) is 33.0 Å². The van der Waals surface area contributed by atoms with Gasteiger partial charge in [0.2, 0.25) is 5.91 Å². The van der Waals surface area contributed by atoms with Crippen molar-refractivity contribution in [2.24, 2.45) is 5.73 Å². The molecule has 6 nitrogen and oxygen atoms in total. The van der Waals surface area contributed by atoms with Crippen LogP contribution in [0.2, 0.25) is 0 Å². The highest BCUT2D eigenvalue weighted by Crippen LogP contribution is 2.38. The van der Waals surface area contributed by atoms with Gasteiger partial charge in [0, 0.05) is 27.8 Å². The van der Waals surface area contributed by atoms with Gasteiger partial charge in [-0.15, -0.1) is 11.8 Å². The highest BCUT2D eigenvalue weighted by atomic mass is 32.2. The van der Waals surface area contributed by atoms with Crippen molar-refractivity contribution >= 4 is 29.3 Å². The van der Waals surface area contributed by atoms with E-state index in [9.17, 15) is 27.2 Å². The van der Waals surface area contributed by atoms with Crippen LogP contribution in [0.3, 0.4) is 0 Å². The lowest BCUT2D eigenvalue weighted by Gasteiger charge is -2.25. The normalized spacial score (nSPS) is 11.2. The number of nitrogens with zero attached hydrogens (tertiary/aromatic N) is 2. The maximum atomic E-state index is 14.0. The summed E-state index contributed by atoms with van der Waals surface area (Å²) in [5.41, 5.74) is 4.58. The molecule has 34 heavy (non-hydrogen) atoms. The molecular weight excluding hydrogens is 474 g/mol. The summed E-state index contributed by atoms with van der Waals surface area (Å²) in [7, 11) is 1.37. The van der Waals surface area contributed by atoms with Crippen LogP contribution in [0.4, 0.5) is 23.2 Å². The van der Waals surface area contributed by atoms with Crippen molar-refractivity contribution in [3.05, 3.63) is 71.8 Å². The van der Waals surface area contributed by atoms with E-state index in [0.29, 0.717) is 6.07 Å². The van der Waals surface area contributed by atoms with Crippen LogP contribution in [0.5, 0.6) is 5.75 Å². The molecule has 3 aromatic rings. The van der Waals surface area contributed by atoms with Crippen LogP contribution in [0.15, 0.2) is 59.8 Å². The molecule has 1 aromatic heterocycles. The number of methoxy groups -OCH3 is 1. The van der Waals surface area contributed by atoms with Crippen molar-refractivity contribution in [2.75, 3.05) is 24.8 Å². The van der Waals surface area contributed by atoms with Gasteiger partial charge in [0.15, 0.2) is 0 Å². The number of hydrogen-bond donors (Lipinski definition) is 1. The topological polar surface area (TPSA) is 85.5 Å². The first-order chi connectivity index (χ1) is 16.0. The van der Waals surface area contributed by atoms with Gasteiger partial charge in [0.1, 0.15) is 18.1 Å².